The summed E-state index contributed by atoms with van der Waals surface area (Å²) >= 11 is 0. The monoisotopic (exact) mass is 681 g/mol. The highest BCUT2D eigenvalue weighted by Gasteiger charge is 2.53. The van der Waals surface area contributed by atoms with Crippen LogP contribution in [0.1, 0.15) is 37.7 Å². The van der Waals surface area contributed by atoms with E-state index in [0.717, 1.165) is 12.1 Å². The SMILES string of the molecule is C=CC(=O)N1CC(S(=O)(=O)c2ccc(N3CC(F)(CN4CCC([C@@](C#N)(c5cccc(F)c5)[C@H]5CCC[C@@H]5NC(=O)O)CC4)C3)cc2)C1. The van der Waals surface area contributed by atoms with Crippen LogP contribution in [0.4, 0.5) is 19.3 Å². The smallest absolute Gasteiger partial charge is 0.404 e. The van der Waals surface area contributed by atoms with Gasteiger partial charge in [-0.15, -0.1) is 0 Å². The molecule has 2 amide bonds. The number of anilines is 1. The molecule has 0 unspecified atom stereocenters. The number of nitrogens with one attached hydrogen (secondary N) is 1. The lowest BCUT2D eigenvalue weighted by Gasteiger charge is -2.50. The van der Waals surface area contributed by atoms with Crippen molar-refractivity contribution in [2.45, 2.75) is 59.4 Å². The molecule has 4 fully saturated rings. The van der Waals surface area contributed by atoms with E-state index in [2.05, 4.69) is 22.9 Å². The van der Waals surface area contributed by atoms with Crippen LogP contribution in [0, 0.1) is 29.0 Å². The fourth-order valence-corrected chi connectivity index (χ4v) is 10.1. The van der Waals surface area contributed by atoms with Crippen LogP contribution in [-0.2, 0) is 20.0 Å². The van der Waals surface area contributed by atoms with Gasteiger partial charge in [0.1, 0.15) is 11.1 Å². The van der Waals surface area contributed by atoms with E-state index in [0.29, 0.717) is 44.3 Å². The Kier molecular flexibility index (Phi) is 9.26. The van der Waals surface area contributed by atoms with E-state index in [1.807, 2.05) is 4.90 Å². The van der Waals surface area contributed by atoms with Crippen LogP contribution >= 0.6 is 0 Å². The third kappa shape index (κ3) is 6.28. The minimum Gasteiger partial charge on any atom is -0.465 e. The first-order valence-electron chi connectivity index (χ1n) is 16.5. The summed E-state index contributed by atoms with van der Waals surface area (Å²) in [6, 6.07) is 14.7. The lowest BCUT2D eigenvalue weighted by Crippen LogP contribution is -2.64. The molecule has 3 heterocycles. The number of carbonyl (C=O) groups is 2. The number of alkyl halides is 1. The van der Waals surface area contributed by atoms with Crippen LogP contribution < -0.4 is 10.2 Å². The van der Waals surface area contributed by atoms with E-state index < -0.39 is 44.1 Å². The number of amides is 2. The quantitative estimate of drug-likeness (QED) is 0.358. The van der Waals surface area contributed by atoms with Crippen LogP contribution in [0.25, 0.3) is 0 Å². The highest BCUT2D eigenvalue weighted by molar-refractivity contribution is 7.92. The van der Waals surface area contributed by atoms with Gasteiger partial charge in [0, 0.05) is 37.3 Å². The maximum atomic E-state index is 15.9. The van der Waals surface area contributed by atoms with Gasteiger partial charge in [0.05, 0.1) is 29.5 Å². The minimum atomic E-state index is -3.60. The minimum absolute atomic E-state index is 0.133. The normalized spacial score (nSPS) is 24.5. The molecule has 3 saturated heterocycles. The number of benzene rings is 2. The Labute approximate surface area is 279 Å². The predicted octanol–water partition coefficient (Wildman–Crippen LogP) is 4.13. The van der Waals surface area contributed by atoms with Crippen molar-refractivity contribution in [1.82, 2.24) is 15.1 Å². The van der Waals surface area contributed by atoms with Gasteiger partial charge in [0.2, 0.25) is 5.91 Å². The molecule has 0 bridgehead atoms. The molecule has 6 rings (SSSR count). The number of carboxylic acid groups (broad SMARTS) is 1. The molecule has 1 saturated carbocycles. The molecule has 0 spiro atoms. The zero-order valence-corrected chi connectivity index (χ0v) is 27.5. The Hall–Kier alpha value is -4.02. The first-order chi connectivity index (χ1) is 22.9. The molecule has 1 aliphatic carbocycles. The standard InChI is InChI=1S/C35H41F2N5O5S/c1-2-32(43)41-18-29(19-41)48(46,47)28-11-9-27(10-12-28)42-22-34(37,23-42)21-40-15-13-24(14-16-40)35(20-38,25-5-3-6-26(36)17-25)30-7-4-8-31(30)39-33(44)45/h2-3,5-6,9-12,17,24,29-31,39H,1,4,7-8,13-16,18-19,21-23H2,(H,44,45)/t30-,31-,35-/m0/s1. The second-order valence-corrected chi connectivity index (χ2v) is 16.0. The fraction of sp³-hybridized carbons (Fsp3) is 0.514. The highest BCUT2D eigenvalue weighted by Crippen LogP contribution is 2.50. The number of carbonyl (C=O) groups excluding carboxylic acids is 1. The summed E-state index contributed by atoms with van der Waals surface area (Å²) in [5.74, 6) is -1.20. The van der Waals surface area contributed by atoms with E-state index in [1.165, 1.54) is 35.2 Å². The van der Waals surface area contributed by atoms with Crippen molar-refractivity contribution >= 4 is 27.5 Å². The molecule has 13 heteroatoms. The van der Waals surface area contributed by atoms with E-state index in [1.54, 1.807) is 24.3 Å². The number of piperidine rings is 1. The third-order valence-corrected chi connectivity index (χ3v) is 13.0. The molecule has 3 atom stereocenters. The number of sulfone groups is 1. The molecule has 2 aromatic rings. The molecule has 256 valence electrons. The maximum Gasteiger partial charge on any atom is 0.404 e. The molecule has 3 aliphatic heterocycles. The van der Waals surface area contributed by atoms with Gasteiger partial charge < -0.3 is 20.2 Å². The van der Waals surface area contributed by atoms with Gasteiger partial charge >= 0.3 is 6.09 Å². The van der Waals surface area contributed by atoms with Crippen LogP contribution in [0.15, 0.2) is 66.1 Å². The lowest BCUT2D eigenvalue weighted by atomic mass is 9.59. The van der Waals surface area contributed by atoms with Gasteiger partial charge in [-0.25, -0.2) is 22.0 Å². The molecule has 48 heavy (non-hydrogen) atoms. The Morgan fingerprint density at radius 2 is 1.79 bits per heavy atom. The van der Waals surface area contributed by atoms with Crippen molar-refractivity contribution in [3.05, 3.63) is 72.6 Å². The van der Waals surface area contributed by atoms with Crippen molar-refractivity contribution < 1.29 is 31.9 Å². The van der Waals surface area contributed by atoms with Crippen LogP contribution in [-0.4, -0.2) is 98.1 Å². The number of halogens is 2. The van der Waals surface area contributed by atoms with Gasteiger partial charge in [-0.05, 0) is 92.7 Å². The predicted molar refractivity (Wildman–Crippen MR) is 175 cm³/mol. The molecule has 10 nitrogen and oxygen atoms in total. The Bertz CT molecular complexity index is 1700. The molecule has 0 radical (unpaired) electrons. The third-order valence-electron chi connectivity index (χ3n) is 10.9. The number of nitriles is 1. The highest BCUT2D eigenvalue weighted by atomic mass is 32.2. The number of hydrogen-bond donors (Lipinski definition) is 2. The van der Waals surface area contributed by atoms with Crippen molar-refractivity contribution in [3.63, 3.8) is 0 Å². The number of rotatable bonds is 10. The summed E-state index contributed by atoms with van der Waals surface area (Å²) in [7, 11) is -3.60. The van der Waals surface area contributed by atoms with Crippen LogP contribution in [0.5, 0.6) is 0 Å². The van der Waals surface area contributed by atoms with Gasteiger partial charge in [0.15, 0.2) is 15.5 Å². The summed E-state index contributed by atoms with van der Waals surface area (Å²) in [4.78, 5) is 28.8. The molecule has 4 aliphatic rings. The fourth-order valence-electron chi connectivity index (χ4n) is 8.42. The number of hydrogen-bond acceptors (Lipinski definition) is 7. The Morgan fingerprint density at radius 1 is 1.10 bits per heavy atom. The summed E-state index contributed by atoms with van der Waals surface area (Å²) in [5.41, 5.74) is -1.24. The number of likely N-dealkylation sites (tertiary alicyclic amines) is 2. The summed E-state index contributed by atoms with van der Waals surface area (Å²) in [6.07, 6.45) is 3.26. The van der Waals surface area contributed by atoms with Gasteiger partial charge in [-0.2, -0.15) is 5.26 Å². The zero-order valence-electron chi connectivity index (χ0n) is 26.7. The van der Waals surface area contributed by atoms with Crippen molar-refractivity contribution in [2.24, 2.45) is 11.8 Å². The number of nitrogens with zero attached hydrogens (tertiary/aromatic N) is 4. The molecular formula is C35H41F2N5O5S. The summed E-state index contributed by atoms with van der Waals surface area (Å²) < 4.78 is 56.4. The lowest BCUT2D eigenvalue weighted by molar-refractivity contribution is -0.129. The second-order valence-electron chi connectivity index (χ2n) is 13.8. The van der Waals surface area contributed by atoms with Crippen molar-refractivity contribution in [1.29, 1.82) is 5.26 Å². The van der Waals surface area contributed by atoms with E-state index in [-0.39, 0.29) is 55.4 Å². The van der Waals surface area contributed by atoms with E-state index >= 15 is 4.39 Å². The molecule has 0 aromatic heterocycles. The van der Waals surface area contributed by atoms with E-state index in [4.69, 9.17) is 0 Å². The van der Waals surface area contributed by atoms with Crippen molar-refractivity contribution in [3.8, 4) is 6.07 Å². The Balaban J connectivity index is 1.07. The molecule has 2 aromatic carbocycles. The van der Waals surface area contributed by atoms with Gasteiger partial charge in [-0.1, -0.05) is 25.1 Å². The maximum absolute atomic E-state index is 15.9. The zero-order chi connectivity index (χ0) is 34.3. The largest absolute Gasteiger partial charge is 0.465 e. The average molecular weight is 682 g/mol. The van der Waals surface area contributed by atoms with Gasteiger partial charge in [-0.3, -0.25) is 9.69 Å². The van der Waals surface area contributed by atoms with Gasteiger partial charge in [0.25, 0.3) is 0 Å². The first-order valence-corrected chi connectivity index (χ1v) is 18.0. The molecule has 2 N–H and O–H groups in total. The van der Waals surface area contributed by atoms with Crippen LogP contribution in [0.2, 0.25) is 0 Å². The summed E-state index contributed by atoms with van der Waals surface area (Å²) in [6.45, 7) is 5.36. The topological polar surface area (TPSA) is 134 Å². The Morgan fingerprint density at radius 3 is 2.40 bits per heavy atom. The molecular weight excluding hydrogens is 640 g/mol. The average Bonchev–Trinajstić information content (AvgIpc) is 3.48. The van der Waals surface area contributed by atoms with Crippen LogP contribution in [0.3, 0.4) is 0 Å². The second kappa shape index (κ2) is 13.1. The summed E-state index contributed by atoms with van der Waals surface area (Å²) in [5, 5.41) is 22.2. The first kappa shape index (κ1) is 33.9. The van der Waals surface area contributed by atoms with Crippen molar-refractivity contribution in [2.75, 3.05) is 50.7 Å². The van der Waals surface area contributed by atoms with E-state index in [9.17, 15) is 32.8 Å².